The predicted octanol–water partition coefficient (Wildman–Crippen LogP) is 3.45. The topological polar surface area (TPSA) is 80.9 Å². The molecule has 4 N–H and O–H groups in total. The molecule has 0 fully saturated rings. The second kappa shape index (κ2) is 8.84. The van der Waals surface area contributed by atoms with E-state index in [4.69, 9.17) is 0 Å². The Hall–Kier alpha value is -2.10. The van der Waals surface area contributed by atoms with Crippen molar-refractivity contribution in [2.45, 2.75) is 38.9 Å². The lowest BCUT2D eigenvalue weighted by molar-refractivity contribution is 0.122. The van der Waals surface area contributed by atoms with Crippen LogP contribution in [0, 0.1) is 5.92 Å². The number of hydrogen-bond acceptors (Lipinski definition) is 4. The van der Waals surface area contributed by atoms with Gasteiger partial charge in [-0.05, 0) is 34.6 Å². The Morgan fingerprint density at radius 3 is 2.40 bits per heavy atom. The van der Waals surface area contributed by atoms with Crippen LogP contribution in [0.3, 0.4) is 0 Å². The quantitative estimate of drug-likeness (QED) is 0.581. The molecular weight excluding hydrogens is 316 g/mol. The Morgan fingerprint density at radius 2 is 1.76 bits per heavy atom. The number of aliphatic hydroxyl groups excluding tert-OH is 3. The highest BCUT2D eigenvalue weighted by Gasteiger charge is 2.13. The molecule has 2 atom stereocenters. The third-order valence-corrected chi connectivity index (χ3v) is 4.36. The van der Waals surface area contributed by atoms with Crippen LogP contribution >= 0.6 is 0 Å². The summed E-state index contributed by atoms with van der Waals surface area (Å²) in [4.78, 5) is 0. The summed E-state index contributed by atoms with van der Waals surface area (Å²) in [5.74, 6) is 0.296. The first-order valence-electron chi connectivity index (χ1n) is 8.54. The SMILES string of the molecule is CC(C)[C@H](O)CC(=C=CC[C@@H](O)c1ccc(O)c2ccccc12)CO. The first-order chi connectivity index (χ1) is 11.9. The van der Waals surface area contributed by atoms with Gasteiger partial charge in [0.2, 0.25) is 0 Å². The van der Waals surface area contributed by atoms with Crippen molar-refractivity contribution in [3.05, 3.63) is 59.3 Å². The van der Waals surface area contributed by atoms with Crippen molar-refractivity contribution in [2.75, 3.05) is 6.61 Å². The summed E-state index contributed by atoms with van der Waals surface area (Å²) < 4.78 is 0. The van der Waals surface area contributed by atoms with Crippen molar-refractivity contribution in [3.8, 4) is 5.75 Å². The molecule has 0 saturated heterocycles. The molecule has 25 heavy (non-hydrogen) atoms. The van der Waals surface area contributed by atoms with Crippen molar-refractivity contribution in [1.29, 1.82) is 0 Å². The lowest BCUT2D eigenvalue weighted by Crippen LogP contribution is -2.16. The van der Waals surface area contributed by atoms with Gasteiger partial charge in [-0.25, -0.2) is 0 Å². The standard InChI is InChI=1S/C21H26O4/c1-14(2)21(25)12-15(13-22)6-5-9-19(23)18-10-11-20(24)17-8-4-3-7-16(17)18/h3-5,7-8,10-11,14,19,21-25H,9,12-13H2,1-2H3/t6?,19-,21-/m1/s1. The minimum Gasteiger partial charge on any atom is -0.507 e. The predicted molar refractivity (Wildman–Crippen MR) is 99.3 cm³/mol. The smallest absolute Gasteiger partial charge is 0.123 e. The molecule has 0 spiro atoms. The van der Waals surface area contributed by atoms with Crippen molar-refractivity contribution in [2.24, 2.45) is 5.92 Å². The van der Waals surface area contributed by atoms with Gasteiger partial charge in [0, 0.05) is 18.2 Å². The van der Waals surface area contributed by atoms with Crippen molar-refractivity contribution in [1.82, 2.24) is 0 Å². The molecule has 2 rings (SSSR count). The van der Waals surface area contributed by atoms with Gasteiger partial charge in [-0.1, -0.05) is 44.2 Å². The summed E-state index contributed by atoms with van der Waals surface area (Å²) in [7, 11) is 0. The van der Waals surface area contributed by atoms with Crippen molar-refractivity contribution < 1.29 is 20.4 Å². The molecule has 2 aromatic carbocycles. The van der Waals surface area contributed by atoms with E-state index in [0.29, 0.717) is 23.8 Å². The molecule has 0 aromatic heterocycles. The minimum absolute atomic E-state index is 0.109. The van der Waals surface area contributed by atoms with Crippen LogP contribution in [0.4, 0.5) is 0 Å². The van der Waals surface area contributed by atoms with Crippen molar-refractivity contribution >= 4 is 10.8 Å². The van der Waals surface area contributed by atoms with E-state index in [1.807, 2.05) is 38.1 Å². The molecule has 0 unspecified atom stereocenters. The molecule has 0 aliphatic rings. The van der Waals surface area contributed by atoms with E-state index in [1.165, 1.54) is 0 Å². The molecule has 2 aromatic rings. The molecule has 0 aliphatic heterocycles. The summed E-state index contributed by atoms with van der Waals surface area (Å²) >= 11 is 0. The van der Waals surface area contributed by atoms with E-state index in [0.717, 1.165) is 10.9 Å². The van der Waals surface area contributed by atoms with E-state index in [-0.39, 0.29) is 18.3 Å². The summed E-state index contributed by atoms with van der Waals surface area (Å²) in [6, 6.07) is 10.7. The molecular formula is C21H26O4. The summed E-state index contributed by atoms with van der Waals surface area (Å²) in [6.07, 6.45) is 1.12. The van der Waals surface area contributed by atoms with E-state index in [9.17, 15) is 20.4 Å². The molecule has 0 heterocycles. The third-order valence-electron chi connectivity index (χ3n) is 4.36. The molecule has 4 heteroatoms. The van der Waals surface area contributed by atoms with Gasteiger partial charge in [0.15, 0.2) is 0 Å². The highest BCUT2D eigenvalue weighted by atomic mass is 16.3. The molecule has 0 amide bonds. The van der Waals surface area contributed by atoms with Crippen LogP contribution in [0.5, 0.6) is 5.75 Å². The van der Waals surface area contributed by atoms with Gasteiger partial charge < -0.3 is 20.4 Å². The van der Waals surface area contributed by atoms with Gasteiger partial charge in [-0.15, -0.1) is 5.73 Å². The summed E-state index contributed by atoms with van der Waals surface area (Å²) in [5.41, 5.74) is 4.34. The van der Waals surface area contributed by atoms with Gasteiger partial charge in [0.1, 0.15) is 5.75 Å². The second-order valence-electron chi connectivity index (χ2n) is 6.60. The maximum absolute atomic E-state index is 10.5. The van der Waals surface area contributed by atoms with Gasteiger partial charge in [0.25, 0.3) is 0 Å². The fourth-order valence-electron chi connectivity index (χ4n) is 2.70. The van der Waals surface area contributed by atoms with Crippen LogP contribution in [0.15, 0.2) is 53.8 Å². The van der Waals surface area contributed by atoms with Gasteiger partial charge in [0.05, 0.1) is 18.8 Å². The largest absolute Gasteiger partial charge is 0.507 e. The number of rotatable bonds is 7. The maximum Gasteiger partial charge on any atom is 0.123 e. The fourth-order valence-corrected chi connectivity index (χ4v) is 2.70. The fraction of sp³-hybridized carbons (Fsp3) is 0.381. The highest BCUT2D eigenvalue weighted by Crippen LogP contribution is 2.32. The lowest BCUT2D eigenvalue weighted by atomic mass is 9.97. The monoisotopic (exact) mass is 342 g/mol. The Morgan fingerprint density at radius 1 is 1.08 bits per heavy atom. The number of phenols is 1. The molecule has 0 saturated carbocycles. The zero-order valence-electron chi connectivity index (χ0n) is 14.7. The third kappa shape index (κ3) is 4.94. The zero-order chi connectivity index (χ0) is 18.4. The molecule has 0 radical (unpaired) electrons. The lowest BCUT2D eigenvalue weighted by Gasteiger charge is -2.14. The maximum atomic E-state index is 10.5. The number of aromatic hydroxyl groups is 1. The average molecular weight is 342 g/mol. The Labute approximate surface area is 148 Å². The Balaban J connectivity index is 2.18. The van der Waals surface area contributed by atoms with Crippen LogP contribution < -0.4 is 0 Å². The number of aliphatic hydroxyl groups is 3. The number of phenolic OH excluding ortho intramolecular Hbond substituents is 1. The normalized spacial score (nSPS) is 13.5. The first-order valence-corrected chi connectivity index (χ1v) is 8.54. The van der Waals surface area contributed by atoms with Crippen LogP contribution in [-0.2, 0) is 0 Å². The minimum atomic E-state index is -0.743. The van der Waals surface area contributed by atoms with Crippen molar-refractivity contribution in [3.63, 3.8) is 0 Å². The van der Waals surface area contributed by atoms with Crippen LogP contribution in [0.2, 0.25) is 0 Å². The van der Waals surface area contributed by atoms with Crippen LogP contribution in [0.1, 0.15) is 38.4 Å². The molecule has 4 nitrogen and oxygen atoms in total. The molecule has 134 valence electrons. The number of hydrogen-bond donors (Lipinski definition) is 4. The Kier molecular flexibility index (Phi) is 6.80. The second-order valence-corrected chi connectivity index (χ2v) is 6.60. The summed E-state index contributed by atoms with van der Waals surface area (Å²) in [6.45, 7) is 3.67. The van der Waals surface area contributed by atoms with Gasteiger partial charge in [-0.3, -0.25) is 0 Å². The van der Waals surface area contributed by atoms with E-state index in [2.05, 4.69) is 5.73 Å². The molecule has 0 bridgehead atoms. The van der Waals surface area contributed by atoms with Gasteiger partial charge in [-0.2, -0.15) is 0 Å². The molecule has 0 aliphatic carbocycles. The van der Waals surface area contributed by atoms with Crippen LogP contribution in [-0.4, -0.2) is 33.1 Å². The first kappa shape index (κ1) is 19.2. The number of benzene rings is 2. The van der Waals surface area contributed by atoms with E-state index >= 15 is 0 Å². The Bertz CT molecular complexity index is 773. The number of fused-ring (bicyclic) bond motifs is 1. The van der Waals surface area contributed by atoms with E-state index < -0.39 is 12.2 Å². The highest BCUT2D eigenvalue weighted by molar-refractivity contribution is 5.91. The van der Waals surface area contributed by atoms with Crippen LogP contribution in [0.25, 0.3) is 10.8 Å². The van der Waals surface area contributed by atoms with Gasteiger partial charge >= 0.3 is 0 Å². The van der Waals surface area contributed by atoms with E-state index in [1.54, 1.807) is 18.2 Å². The summed E-state index contributed by atoms with van der Waals surface area (Å²) in [5, 5.41) is 41.2. The zero-order valence-corrected chi connectivity index (χ0v) is 14.7. The average Bonchev–Trinajstić information content (AvgIpc) is 2.61.